The maximum absolute atomic E-state index is 12.0. The van der Waals surface area contributed by atoms with Gasteiger partial charge in [0, 0.05) is 11.8 Å². The van der Waals surface area contributed by atoms with E-state index in [1.54, 1.807) is 42.5 Å². The molecule has 1 atom stereocenters. The zero-order chi connectivity index (χ0) is 20.6. The monoisotopic (exact) mass is 400 g/mol. The molecule has 1 heterocycles. The third kappa shape index (κ3) is 5.86. The summed E-state index contributed by atoms with van der Waals surface area (Å²) in [5.74, 6) is -0.0904. The van der Waals surface area contributed by atoms with E-state index >= 15 is 0 Å². The second-order valence-electron chi connectivity index (χ2n) is 6.11. The third-order valence-corrected chi connectivity index (χ3v) is 3.85. The van der Waals surface area contributed by atoms with E-state index in [1.165, 1.54) is 6.92 Å². The highest BCUT2D eigenvalue weighted by Crippen LogP contribution is 2.34. The quantitative estimate of drug-likeness (QED) is 0.646. The Hall–Kier alpha value is -3.75. The molecular weight excluding hydrogens is 380 g/mol. The Morgan fingerprint density at radius 3 is 2.55 bits per heavy atom. The Morgan fingerprint density at radius 1 is 1.00 bits per heavy atom. The van der Waals surface area contributed by atoms with Crippen LogP contribution in [0.2, 0.25) is 0 Å². The van der Waals surface area contributed by atoms with Crippen molar-refractivity contribution in [3.63, 3.8) is 0 Å². The van der Waals surface area contributed by atoms with E-state index in [4.69, 9.17) is 18.9 Å². The Morgan fingerprint density at radius 2 is 1.76 bits per heavy atom. The predicted octanol–water partition coefficient (Wildman–Crippen LogP) is 1.48. The molecule has 0 radical (unpaired) electrons. The Kier molecular flexibility index (Phi) is 6.51. The molecule has 0 spiro atoms. The van der Waals surface area contributed by atoms with Gasteiger partial charge in [0.1, 0.15) is 11.8 Å². The normalized spacial score (nSPS) is 12.6. The van der Waals surface area contributed by atoms with E-state index < -0.39 is 30.4 Å². The summed E-state index contributed by atoms with van der Waals surface area (Å²) in [6.45, 7) is 0.850. The molecule has 2 amide bonds. The molecule has 0 saturated carbocycles. The average Bonchev–Trinajstić information content (AvgIpc) is 3.19. The highest BCUT2D eigenvalue weighted by molar-refractivity contribution is 5.93. The number of anilines is 1. The summed E-state index contributed by atoms with van der Waals surface area (Å²) in [5, 5.41) is 5.04. The minimum atomic E-state index is -0.930. The molecule has 1 aliphatic heterocycles. The second kappa shape index (κ2) is 9.45. The lowest BCUT2D eigenvalue weighted by atomic mass is 10.3. The van der Waals surface area contributed by atoms with Gasteiger partial charge in [-0.1, -0.05) is 18.2 Å². The fraction of sp³-hybridized carbons (Fsp3) is 0.250. The standard InChI is InChI=1S/C20H20N2O7/c1-13(21-18(23)10-26-15-5-3-2-4-6-15)20(25)27-11-19(24)22-14-7-8-16-17(9-14)29-12-28-16/h2-9,13H,10-12H2,1H3,(H,21,23)(H,22,24)/t13-/m0/s1. The van der Waals surface area contributed by atoms with Gasteiger partial charge >= 0.3 is 5.97 Å². The van der Waals surface area contributed by atoms with Gasteiger partial charge < -0.3 is 29.6 Å². The Labute approximate surface area is 166 Å². The van der Waals surface area contributed by atoms with Crippen LogP contribution in [0.25, 0.3) is 0 Å². The first-order valence-electron chi connectivity index (χ1n) is 8.84. The molecule has 0 fully saturated rings. The lowest BCUT2D eigenvalue weighted by Crippen LogP contribution is -2.42. The number of carbonyl (C=O) groups is 3. The number of carbonyl (C=O) groups excluding carboxylic acids is 3. The van der Waals surface area contributed by atoms with Crippen LogP contribution < -0.4 is 24.8 Å². The molecule has 1 aliphatic rings. The summed E-state index contributed by atoms with van der Waals surface area (Å²) in [5.41, 5.74) is 0.481. The van der Waals surface area contributed by atoms with Crippen LogP contribution in [0.3, 0.4) is 0 Å². The summed E-state index contributed by atoms with van der Waals surface area (Å²) >= 11 is 0. The van der Waals surface area contributed by atoms with Crippen LogP contribution in [-0.4, -0.2) is 43.8 Å². The highest BCUT2D eigenvalue weighted by atomic mass is 16.7. The van der Waals surface area contributed by atoms with Crippen molar-refractivity contribution in [3.05, 3.63) is 48.5 Å². The molecule has 152 valence electrons. The van der Waals surface area contributed by atoms with Crippen LogP contribution in [0.1, 0.15) is 6.92 Å². The Balaban J connectivity index is 1.37. The van der Waals surface area contributed by atoms with Gasteiger partial charge in [-0.15, -0.1) is 0 Å². The van der Waals surface area contributed by atoms with Gasteiger partial charge in [0.2, 0.25) is 6.79 Å². The predicted molar refractivity (Wildman–Crippen MR) is 102 cm³/mol. The summed E-state index contributed by atoms with van der Waals surface area (Å²) in [6, 6.07) is 12.8. The molecule has 0 bridgehead atoms. The summed E-state index contributed by atoms with van der Waals surface area (Å²) in [4.78, 5) is 35.8. The van der Waals surface area contributed by atoms with Crippen molar-refractivity contribution >= 4 is 23.5 Å². The fourth-order valence-corrected chi connectivity index (χ4v) is 2.44. The zero-order valence-corrected chi connectivity index (χ0v) is 15.7. The molecule has 3 rings (SSSR count). The smallest absolute Gasteiger partial charge is 0.328 e. The number of ether oxygens (including phenoxy) is 4. The van der Waals surface area contributed by atoms with Crippen molar-refractivity contribution in [3.8, 4) is 17.2 Å². The van der Waals surface area contributed by atoms with Crippen molar-refractivity contribution in [2.24, 2.45) is 0 Å². The number of esters is 1. The van der Waals surface area contributed by atoms with Crippen molar-refractivity contribution in [2.45, 2.75) is 13.0 Å². The van der Waals surface area contributed by atoms with Crippen LogP contribution in [-0.2, 0) is 19.1 Å². The number of para-hydroxylation sites is 1. The molecule has 0 saturated heterocycles. The van der Waals surface area contributed by atoms with Crippen LogP contribution in [0.15, 0.2) is 48.5 Å². The maximum atomic E-state index is 12.0. The highest BCUT2D eigenvalue weighted by Gasteiger charge is 2.19. The fourth-order valence-electron chi connectivity index (χ4n) is 2.44. The SMILES string of the molecule is C[C@H](NC(=O)COc1ccccc1)C(=O)OCC(=O)Nc1ccc2c(c1)OCO2. The molecule has 2 aromatic carbocycles. The Bertz CT molecular complexity index is 886. The zero-order valence-electron chi connectivity index (χ0n) is 15.7. The third-order valence-electron chi connectivity index (χ3n) is 3.85. The van der Waals surface area contributed by atoms with Gasteiger partial charge in [-0.25, -0.2) is 4.79 Å². The van der Waals surface area contributed by atoms with E-state index in [9.17, 15) is 14.4 Å². The number of nitrogens with one attached hydrogen (secondary N) is 2. The van der Waals surface area contributed by atoms with Crippen molar-refractivity contribution in [2.75, 3.05) is 25.3 Å². The van der Waals surface area contributed by atoms with Gasteiger partial charge in [0.15, 0.2) is 24.7 Å². The van der Waals surface area contributed by atoms with Gasteiger partial charge in [-0.2, -0.15) is 0 Å². The molecule has 29 heavy (non-hydrogen) atoms. The van der Waals surface area contributed by atoms with E-state index in [-0.39, 0.29) is 13.4 Å². The molecule has 0 unspecified atom stereocenters. The number of amides is 2. The van der Waals surface area contributed by atoms with Crippen molar-refractivity contribution in [1.29, 1.82) is 0 Å². The number of rotatable bonds is 8. The summed E-state index contributed by atoms with van der Waals surface area (Å²) in [7, 11) is 0. The number of fused-ring (bicyclic) bond motifs is 1. The van der Waals surface area contributed by atoms with E-state index in [0.717, 1.165) is 0 Å². The van der Waals surface area contributed by atoms with Crippen molar-refractivity contribution in [1.82, 2.24) is 5.32 Å². The van der Waals surface area contributed by atoms with Gasteiger partial charge in [0.05, 0.1) is 0 Å². The molecule has 2 N–H and O–H groups in total. The van der Waals surface area contributed by atoms with Crippen molar-refractivity contribution < 1.29 is 33.3 Å². The van der Waals surface area contributed by atoms with Crippen LogP contribution in [0, 0.1) is 0 Å². The second-order valence-corrected chi connectivity index (χ2v) is 6.11. The van der Waals surface area contributed by atoms with Gasteiger partial charge in [0.25, 0.3) is 11.8 Å². The van der Waals surface area contributed by atoms with E-state index in [2.05, 4.69) is 10.6 Å². The van der Waals surface area contributed by atoms with Crippen LogP contribution in [0.5, 0.6) is 17.2 Å². The lowest BCUT2D eigenvalue weighted by Gasteiger charge is -2.14. The minimum absolute atomic E-state index is 0.129. The van der Waals surface area contributed by atoms with E-state index in [0.29, 0.717) is 22.9 Å². The largest absolute Gasteiger partial charge is 0.484 e. The molecule has 9 nitrogen and oxygen atoms in total. The molecule has 9 heteroatoms. The number of hydrogen-bond acceptors (Lipinski definition) is 7. The van der Waals surface area contributed by atoms with Gasteiger partial charge in [-0.05, 0) is 31.2 Å². The summed E-state index contributed by atoms with van der Waals surface area (Å²) in [6.07, 6.45) is 0. The first-order valence-corrected chi connectivity index (χ1v) is 8.84. The van der Waals surface area contributed by atoms with Crippen LogP contribution in [0.4, 0.5) is 5.69 Å². The first kappa shape index (κ1) is 20.0. The average molecular weight is 400 g/mol. The minimum Gasteiger partial charge on any atom is -0.484 e. The molecule has 0 aliphatic carbocycles. The first-order chi connectivity index (χ1) is 14.0. The molecule has 2 aromatic rings. The molecular formula is C20H20N2O7. The number of benzene rings is 2. The van der Waals surface area contributed by atoms with E-state index in [1.807, 2.05) is 6.07 Å². The van der Waals surface area contributed by atoms with Gasteiger partial charge in [-0.3, -0.25) is 9.59 Å². The maximum Gasteiger partial charge on any atom is 0.328 e. The number of hydrogen-bond donors (Lipinski definition) is 2. The lowest BCUT2D eigenvalue weighted by molar-refractivity contribution is -0.150. The topological polar surface area (TPSA) is 112 Å². The summed E-state index contributed by atoms with van der Waals surface area (Å²) < 4.78 is 20.6. The van der Waals surface area contributed by atoms with Crippen LogP contribution >= 0.6 is 0 Å². The molecule has 0 aromatic heterocycles.